The summed E-state index contributed by atoms with van der Waals surface area (Å²) in [5.41, 5.74) is 7.13. The van der Waals surface area contributed by atoms with Gasteiger partial charge in [0.05, 0.1) is 0 Å². The summed E-state index contributed by atoms with van der Waals surface area (Å²) in [5, 5.41) is 3.44. The van der Waals surface area contributed by atoms with Gasteiger partial charge in [-0.15, -0.1) is 0 Å². The molecule has 2 nitrogen and oxygen atoms in total. The van der Waals surface area contributed by atoms with Crippen LogP contribution in [0.3, 0.4) is 0 Å². The van der Waals surface area contributed by atoms with Gasteiger partial charge in [0, 0.05) is 29.5 Å². The third kappa shape index (κ3) is 1.57. The van der Waals surface area contributed by atoms with Crippen LogP contribution in [0.5, 0.6) is 0 Å². The lowest BCUT2D eigenvalue weighted by atomic mass is 9.81. The number of aromatic nitrogens is 1. The van der Waals surface area contributed by atoms with Crippen LogP contribution in [0.25, 0.3) is 5.57 Å². The smallest absolute Gasteiger partial charge is 0.0470 e. The molecular formula is C14H22N2. The summed E-state index contributed by atoms with van der Waals surface area (Å²) in [7, 11) is 0. The molecule has 1 aliphatic rings. The predicted molar refractivity (Wildman–Crippen MR) is 69.6 cm³/mol. The summed E-state index contributed by atoms with van der Waals surface area (Å²) in [5.74, 6) is 0. The van der Waals surface area contributed by atoms with Crippen molar-refractivity contribution in [1.82, 2.24) is 10.3 Å². The second-order valence-electron chi connectivity index (χ2n) is 5.41. The van der Waals surface area contributed by atoms with Gasteiger partial charge in [-0.3, -0.25) is 0 Å². The van der Waals surface area contributed by atoms with Crippen molar-refractivity contribution in [3.05, 3.63) is 28.7 Å². The molecule has 1 aliphatic heterocycles. The van der Waals surface area contributed by atoms with Crippen LogP contribution in [0.2, 0.25) is 0 Å². The van der Waals surface area contributed by atoms with Gasteiger partial charge in [-0.1, -0.05) is 20.8 Å². The molecule has 0 saturated carbocycles. The summed E-state index contributed by atoms with van der Waals surface area (Å²) in [6.45, 7) is 12.2. The number of H-pyrrole nitrogens is 1. The quantitative estimate of drug-likeness (QED) is 0.744. The molecule has 0 radical (unpaired) electrons. The van der Waals surface area contributed by atoms with Crippen molar-refractivity contribution in [2.45, 2.75) is 46.5 Å². The first-order valence-corrected chi connectivity index (χ1v) is 6.10. The van der Waals surface area contributed by atoms with E-state index in [1.165, 1.54) is 28.1 Å². The monoisotopic (exact) mass is 218 g/mol. The largest absolute Gasteiger partial charge is 0.390 e. The van der Waals surface area contributed by atoms with Crippen molar-refractivity contribution in [2.75, 3.05) is 6.54 Å². The molecule has 0 atom stereocenters. The van der Waals surface area contributed by atoms with Gasteiger partial charge in [0.1, 0.15) is 0 Å². The molecule has 2 rings (SSSR count). The van der Waals surface area contributed by atoms with Gasteiger partial charge in [0.25, 0.3) is 0 Å². The molecule has 16 heavy (non-hydrogen) atoms. The van der Waals surface area contributed by atoms with E-state index in [2.05, 4.69) is 51.1 Å². The van der Waals surface area contributed by atoms with E-state index >= 15 is 0 Å². The number of aromatic amines is 1. The molecule has 88 valence electrons. The Bertz CT molecular complexity index is 436. The fourth-order valence-electron chi connectivity index (χ4n) is 2.67. The Balaban J connectivity index is 2.67. The Morgan fingerprint density at radius 2 is 2.00 bits per heavy atom. The van der Waals surface area contributed by atoms with Gasteiger partial charge in [-0.25, -0.2) is 0 Å². The number of hydrogen-bond donors (Lipinski definition) is 2. The Labute approximate surface area is 98.1 Å². The number of allylic oxidation sites excluding steroid dienone is 1. The zero-order valence-electron chi connectivity index (χ0n) is 11.0. The van der Waals surface area contributed by atoms with Crippen molar-refractivity contribution >= 4 is 5.57 Å². The molecule has 0 fully saturated rings. The van der Waals surface area contributed by atoms with Crippen LogP contribution in [0.1, 0.15) is 49.7 Å². The van der Waals surface area contributed by atoms with Gasteiger partial charge in [0.2, 0.25) is 0 Å². The van der Waals surface area contributed by atoms with Crippen LogP contribution in [0, 0.1) is 13.8 Å². The lowest BCUT2D eigenvalue weighted by molar-refractivity contribution is 0.506. The lowest BCUT2D eigenvalue weighted by Crippen LogP contribution is -2.29. The minimum atomic E-state index is 0.192. The molecule has 0 amide bonds. The number of aryl methyl sites for hydroxylation is 1. The molecule has 0 unspecified atom stereocenters. The lowest BCUT2D eigenvalue weighted by Gasteiger charge is -2.25. The van der Waals surface area contributed by atoms with Crippen LogP contribution in [-0.4, -0.2) is 11.5 Å². The predicted octanol–water partition coefficient (Wildman–Crippen LogP) is 3.26. The Morgan fingerprint density at radius 3 is 2.62 bits per heavy atom. The van der Waals surface area contributed by atoms with Crippen molar-refractivity contribution in [3.63, 3.8) is 0 Å². The minimum absolute atomic E-state index is 0.192. The van der Waals surface area contributed by atoms with Crippen molar-refractivity contribution in [3.8, 4) is 0 Å². The number of rotatable bonds is 1. The van der Waals surface area contributed by atoms with Crippen LogP contribution in [-0.2, 0) is 5.41 Å². The molecule has 2 heteroatoms. The van der Waals surface area contributed by atoms with E-state index in [-0.39, 0.29) is 5.41 Å². The van der Waals surface area contributed by atoms with Gasteiger partial charge in [-0.2, -0.15) is 0 Å². The zero-order chi connectivity index (χ0) is 11.9. The van der Waals surface area contributed by atoms with E-state index in [0.29, 0.717) is 0 Å². The van der Waals surface area contributed by atoms with Gasteiger partial charge >= 0.3 is 0 Å². The molecule has 0 aromatic carbocycles. The number of fused-ring (bicyclic) bond motifs is 1. The highest BCUT2D eigenvalue weighted by atomic mass is 14.9. The second-order valence-corrected chi connectivity index (χ2v) is 5.41. The van der Waals surface area contributed by atoms with Crippen LogP contribution < -0.4 is 5.32 Å². The first kappa shape index (κ1) is 11.3. The highest BCUT2D eigenvalue weighted by Crippen LogP contribution is 2.36. The number of hydrogen-bond acceptors (Lipinski definition) is 1. The normalized spacial score (nSPS) is 18.4. The Hall–Kier alpha value is -1.18. The van der Waals surface area contributed by atoms with E-state index in [1.807, 2.05) is 0 Å². The standard InChI is InChI=1S/C14H22N2/c1-6-11-7-15-8-14(4,5)12-9(2)10(3)16-13(11)12/h7,15-16H,6,8H2,1-5H3. The van der Waals surface area contributed by atoms with E-state index in [9.17, 15) is 0 Å². The molecular weight excluding hydrogens is 196 g/mol. The summed E-state index contributed by atoms with van der Waals surface area (Å²) in [4.78, 5) is 3.55. The van der Waals surface area contributed by atoms with E-state index in [1.54, 1.807) is 0 Å². The molecule has 1 aromatic rings. The van der Waals surface area contributed by atoms with Crippen LogP contribution in [0.4, 0.5) is 0 Å². The Kier molecular flexibility index (Phi) is 2.61. The van der Waals surface area contributed by atoms with Gasteiger partial charge in [-0.05, 0) is 37.0 Å². The number of nitrogens with one attached hydrogen (secondary N) is 2. The van der Waals surface area contributed by atoms with Crippen molar-refractivity contribution in [1.29, 1.82) is 0 Å². The molecule has 1 aromatic heterocycles. The molecule has 0 saturated heterocycles. The first-order valence-electron chi connectivity index (χ1n) is 6.10. The minimum Gasteiger partial charge on any atom is -0.390 e. The summed E-state index contributed by atoms with van der Waals surface area (Å²) in [6.07, 6.45) is 3.23. The van der Waals surface area contributed by atoms with Gasteiger partial charge < -0.3 is 10.3 Å². The first-order chi connectivity index (χ1) is 7.47. The van der Waals surface area contributed by atoms with Gasteiger partial charge in [0.15, 0.2) is 0 Å². The topological polar surface area (TPSA) is 27.8 Å². The summed E-state index contributed by atoms with van der Waals surface area (Å²) in [6, 6.07) is 0. The Morgan fingerprint density at radius 1 is 1.31 bits per heavy atom. The fourth-order valence-corrected chi connectivity index (χ4v) is 2.67. The van der Waals surface area contributed by atoms with Crippen molar-refractivity contribution < 1.29 is 0 Å². The van der Waals surface area contributed by atoms with Crippen LogP contribution >= 0.6 is 0 Å². The molecule has 2 N–H and O–H groups in total. The highest BCUT2D eigenvalue weighted by Gasteiger charge is 2.30. The van der Waals surface area contributed by atoms with Crippen molar-refractivity contribution in [2.24, 2.45) is 0 Å². The van der Waals surface area contributed by atoms with E-state index < -0.39 is 0 Å². The van der Waals surface area contributed by atoms with E-state index in [0.717, 1.165) is 13.0 Å². The average molecular weight is 218 g/mol. The fraction of sp³-hybridized carbons (Fsp3) is 0.571. The van der Waals surface area contributed by atoms with E-state index in [4.69, 9.17) is 0 Å². The zero-order valence-corrected chi connectivity index (χ0v) is 11.0. The average Bonchev–Trinajstić information content (AvgIpc) is 2.43. The SMILES string of the molecule is CCC1=CNCC(C)(C)c2c1[nH]c(C)c2C. The molecule has 0 bridgehead atoms. The summed E-state index contributed by atoms with van der Waals surface area (Å²) < 4.78 is 0. The third-order valence-corrected chi connectivity index (χ3v) is 3.70. The molecule has 2 heterocycles. The maximum Gasteiger partial charge on any atom is 0.0470 e. The highest BCUT2D eigenvalue weighted by molar-refractivity contribution is 5.69. The second kappa shape index (κ2) is 3.69. The summed E-state index contributed by atoms with van der Waals surface area (Å²) >= 11 is 0. The third-order valence-electron chi connectivity index (χ3n) is 3.70. The maximum absolute atomic E-state index is 3.55. The molecule has 0 aliphatic carbocycles. The van der Waals surface area contributed by atoms with Crippen LogP contribution in [0.15, 0.2) is 6.20 Å². The maximum atomic E-state index is 3.55. The molecule has 0 spiro atoms.